The number of H-pyrrole nitrogens is 1. The van der Waals surface area contributed by atoms with E-state index in [1.807, 2.05) is 6.92 Å². The predicted octanol–water partition coefficient (Wildman–Crippen LogP) is 1.03. The van der Waals surface area contributed by atoms with Gasteiger partial charge in [0.1, 0.15) is 0 Å². The van der Waals surface area contributed by atoms with Crippen molar-refractivity contribution in [2.24, 2.45) is 0 Å². The SMILES string of the molecule is Cc1nc(CN2CC[C@@H](NC(=O)c3n[nH]c4c3CCC4)[C@H](O)C2)cs1. The first kappa shape index (κ1) is 16.7. The van der Waals surface area contributed by atoms with Crippen molar-refractivity contribution in [3.05, 3.63) is 33.0 Å². The molecule has 0 radical (unpaired) electrons. The summed E-state index contributed by atoms with van der Waals surface area (Å²) in [6.45, 7) is 4.11. The number of aryl methyl sites for hydroxylation is 2. The van der Waals surface area contributed by atoms with Crippen molar-refractivity contribution in [3.8, 4) is 0 Å². The molecule has 0 unspecified atom stereocenters. The molecule has 2 aromatic heterocycles. The van der Waals surface area contributed by atoms with Crippen molar-refractivity contribution in [2.45, 2.75) is 51.3 Å². The molecular formula is C17H23N5O2S. The number of rotatable bonds is 4. The van der Waals surface area contributed by atoms with Crippen LogP contribution < -0.4 is 5.32 Å². The first-order valence-corrected chi connectivity index (χ1v) is 9.66. The highest BCUT2D eigenvalue weighted by molar-refractivity contribution is 7.09. The Morgan fingerprint density at radius 1 is 1.52 bits per heavy atom. The Balaban J connectivity index is 1.34. The van der Waals surface area contributed by atoms with Gasteiger partial charge in [0.25, 0.3) is 5.91 Å². The van der Waals surface area contributed by atoms with E-state index in [1.54, 1.807) is 11.3 Å². The lowest BCUT2D eigenvalue weighted by Gasteiger charge is -2.35. The van der Waals surface area contributed by atoms with E-state index >= 15 is 0 Å². The zero-order valence-electron chi connectivity index (χ0n) is 14.3. The number of thiazole rings is 1. The summed E-state index contributed by atoms with van der Waals surface area (Å²) in [5.74, 6) is -0.174. The minimum Gasteiger partial charge on any atom is -0.390 e. The Hall–Kier alpha value is -1.77. The fourth-order valence-corrected chi connectivity index (χ4v) is 4.37. The highest BCUT2D eigenvalue weighted by Gasteiger charge is 2.31. The van der Waals surface area contributed by atoms with Crippen LogP contribution >= 0.6 is 11.3 Å². The second-order valence-corrected chi connectivity index (χ2v) is 7.97. The molecular weight excluding hydrogens is 338 g/mol. The van der Waals surface area contributed by atoms with E-state index in [4.69, 9.17) is 0 Å². The average Bonchev–Trinajstić information content (AvgIpc) is 3.27. The van der Waals surface area contributed by atoms with Gasteiger partial charge in [0, 0.05) is 36.3 Å². The highest BCUT2D eigenvalue weighted by Crippen LogP contribution is 2.23. The van der Waals surface area contributed by atoms with Crippen LogP contribution in [0.15, 0.2) is 5.38 Å². The molecule has 4 rings (SSSR count). The summed E-state index contributed by atoms with van der Waals surface area (Å²) in [6, 6.07) is -0.227. The van der Waals surface area contributed by atoms with Crippen molar-refractivity contribution in [2.75, 3.05) is 13.1 Å². The van der Waals surface area contributed by atoms with Crippen LogP contribution in [-0.4, -0.2) is 56.3 Å². The van der Waals surface area contributed by atoms with Gasteiger partial charge in [-0.15, -0.1) is 11.3 Å². The van der Waals surface area contributed by atoms with E-state index in [9.17, 15) is 9.90 Å². The molecule has 3 heterocycles. The molecule has 1 aliphatic carbocycles. The number of aromatic nitrogens is 3. The van der Waals surface area contributed by atoms with Gasteiger partial charge in [-0.2, -0.15) is 5.10 Å². The third kappa shape index (κ3) is 3.47. The molecule has 2 aromatic rings. The number of hydrogen-bond donors (Lipinski definition) is 3. The number of likely N-dealkylation sites (tertiary alicyclic amines) is 1. The summed E-state index contributed by atoms with van der Waals surface area (Å²) in [5, 5.41) is 23.7. The number of aliphatic hydroxyl groups is 1. The Bertz CT molecular complexity index is 771. The van der Waals surface area contributed by atoms with Gasteiger partial charge in [0.2, 0.25) is 0 Å². The van der Waals surface area contributed by atoms with Gasteiger partial charge in [0.05, 0.1) is 22.8 Å². The summed E-state index contributed by atoms with van der Waals surface area (Å²) < 4.78 is 0. The van der Waals surface area contributed by atoms with E-state index in [0.29, 0.717) is 12.2 Å². The standard InChI is InChI=1S/C17H23N5O2S/c1-10-18-11(9-25-10)7-22-6-5-14(15(23)8-22)19-17(24)16-12-3-2-4-13(12)20-21-16/h9,14-15,23H,2-8H2,1H3,(H,19,24)(H,20,21)/t14-,15-/m1/s1. The molecule has 7 nitrogen and oxygen atoms in total. The maximum Gasteiger partial charge on any atom is 0.272 e. The van der Waals surface area contributed by atoms with Crippen molar-refractivity contribution in [1.29, 1.82) is 0 Å². The quantitative estimate of drug-likeness (QED) is 0.756. The normalized spacial score (nSPS) is 23.6. The summed E-state index contributed by atoms with van der Waals surface area (Å²) in [4.78, 5) is 19.2. The Kier molecular flexibility index (Phi) is 4.58. The lowest BCUT2D eigenvalue weighted by atomic mass is 10.0. The molecule has 0 bridgehead atoms. The first-order chi connectivity index (χ1) is 12.1. The average molecular weight is 361 g/mol. The zero-order valence-corrected chi connectivity index (χ0v) is 15.1. The highest BCUT2D eigenvalue weighted by atomic mass is 32.1. The largest absolute Gasteiger partial charge is 0.390 e. The van der Waals surface area contributed by atoms with Crippen molar-refractivity contribution < 1.29 is 9.90 Å². The molecule has 1 amide bonds. The number of β-amino-alcohol motifs (C(OH)–C–C–N with tert-alkyl or cyclic N) is 1. The molecule has 2 atom stereocenters. The molecule has 8 heteroatoms. The van der Waals surface area contributed by atoms with Gasteiger partial charge in [-0.25, -0.2) is 4.98 Å². The lowest BCUT2D eigenvalue weighted by Crippen LogP contribution is -2.53. The van der Waals surface area contributed by atoms with Gasteiger partial charge in [-0.3, -0.25) is 14.8 Å². The van der Waals surface area contributed by atoms with Crippen LogP contribution in [0.5, 0.6) is 0 Å². The number of piperidine rings is 1. The number of hydrogen-bond acceptors (Lipinski definition) is 6. The molecule has 0 saturated carbocycles. The van der Waals surface area contributed by atoms with Crippen LogP contribution in [0, 0.1) is 6.92 Å². The molecule has 25 heavy (non-hydrogen) atoms. The second kappa shape index (κ2) is 6.86. The van der Waals surface area contributed by atoms with Crippen molar-refractivity contribution >= 4 is 17.2 Å². The number of aliphatic hydroxyl groups excluding tert-OH is 1. The molecule has 0 spiro atoms. The predicted molar refractivity (Wildman–Crippen MR) is 94.6 cm³/mol. The Morgan fingerprint density at radius 3 is 3.16 bits per heavy atom. The van der Waals surface area contributed by atoms with Crippen molar-refractivity contribution in [3.63, 3.8) is 0 Å². The van der Waals surface area contributed by atoms with Crippen LogP contribution in [0.3, 0.4) is 0 Å². The Morgan fingerprint density at radius 2 is 2.40 bits per heavy atom. The van der Waals surface area contributed by atoms with Crippen LogP contribution in [0.4, 0.5) is 0 Å². The van der Waals surface area contributed by atoms with Gasteiger partial charge in [-0.1, -0.05) is 0 Å². The van der Waals surface area contributed by atoms with E-state index in [1.165, 1.54) is 0 Å². The molecule has 2 aliphatic rings. The van der Waals surface area contributed by atoms with Crippen LogP contribution in [0.2, 0.25) is 0 Å². The maximum absolute atomic E-state index is 12.5. The minimum absolute atomic E-state index is 0.174. The van der Waals surface area contributed by atoms with Gasteiger partial charge in [-0.05, 0) is 32.6 Å². The number of nitrogens with zero attached hydrogens (tertiary/aromatic N) is 3. The second-order valence-electron chi connectivity index (χ2n) is 6.91. The molecule has 1 aliphatic heterocycles. The number of carbonyl (C=O) groups excluding carboxylic acids is 1. The van der Waals surface area contributed by atoms with Gasteiger partial charge < -0.3 is 10.4 Å². The Labute approximate surface area is 150 Å². The molecule has 1 fully saturated rings. The third-order valence-electron chi connectivity index (χ3n) is 5.06. The topological polar surface area (TPSA) is 94.1 Å². The molecule has 134 valence electrons. The first-order valence-electron chi connectivity index (χ1n) is 8.78. The van der Waals surface area contributed by atoms with E-state index in [2.05, 4.69) is 30.8 Å². The van der Waals surface area contributed by atoms with E-state index in [0.717, 1.165) is 60.7 Å². The lowest BCUT2D eigenvalue weighted by molar-refractivity contribution is 0.0344. The minimum atomic E-state index is -0.579. The third-order valence-corrected chi connectivity index (χ3v) is 5.88. The molecule has 3 N–H and O–H groups in total. The summed E-state index contributed by atoms with van der Waals surface area (Å²) in [7, 11) is 0. The number of carbonyl (C=O) groups is 1. The van der Waals surface area contributed by atoms with Crippen LogP contribution in [0.1, 0.15) is 45.3 Å². The monoisotopic (exact) mass is 361 g/mol. The number of aromatic amines is 1. The maximum atomic E-state index is 12.5. The summed E-state index contributed by atoms with van der Waals surface area (Å²) in [5.41, 5.74) is 3.67. The zero-order chi connectivity index (χ0) is 17.4. The smallest absolute Gasteiger partial charge is 0.272 e. The number of amides is 1. The van der Waals surface area contributed by atoms with E-state index in [-0.39, 0.29) is 11.9 Å². The van der Waals surface area contributed by atoms with Crippen LogP contribution in [0.25, 0.3) is 0 Å². The molecule has 0 aromatic carbocycles. The number of fused-ring (bicyclic) bond motifs is 1. The fourth-order valence-electron chi connectivity index (χ4n) is 3.76. The van der Waals surface area contributed by atoms with Crippen molar-refractivity contribution in [1.82, 2.24) is 25.4 Å². The number of nitrogens with one attached hydrogen (secondary N) is 2. The van der Waals surface area contributed by atoms with Gasteiger partial charge in [0.15, 0.2) is 5.69 Å². The fraction of sp³-hybridized carbons (Fsp3) is 0.588. The van der Waals surface area contributed by atoms with E-state index < -0.39 is 6.10 Å². The summed E-state index contributed by atoms with van der Waals surface area (Å²) in [6.07, 6.45) is 3.09. The summed E-state index contributed by atoms with van der Waals surface area (Å²) >= 11 is 1.64. The van der Waals surface area contributed by atoms with Crippen LogP contribution in [-0.2, 0) is 19.4 Å². The molecule has 1 saturated heterocycles. The van der Waals surface area contributed by atoms with Gasteiger partial charge >= 0.3 is 0 Å².